The fourth-order valence-corrected chi connectivity index (χ4v) is 4.99. The van der Waals surface area contributed by atoms with Gasteiger partial charge in [0.15, 0.2) is 0 Å². The Balaban J connectivity index is 1.32. The molecule has 0 radical (unpaired) electrons. The van der Waals surface area contributed by atoms with E-state index in [1.807, 2.05) is 20.6 Å². The third-order valence-electron chi connectivity index (χ3n) is 6.80. The van der Waals surface area contributed by atoms with Gasteiger partial charge in [0.2, 0.25) is 11.8 Å². The molecule has 1 atom stereocenters. The number of aryl methyl sites for hydroxylation is 1. The SMILES string of the molecule is CCc1nccn1CC(=O)N1CCC2(CCC(=O)N(C[C@H]3CCCO3)C2)CC1. The van der Waals surface area contributed by atoms with Crippen molar-refractivity contribution in [1.82, 2.24) is 19.4 Å². The third-order valence-corrected chi connectivity index (χ3v) is 6.80. The molecule has 154 valence electrons. The highest BCUT2D eigenvalue weighted by molar-refractivity contribution is 5.77. The minimum Gasteiger partial charge on any atom is -0.376 e. The number of carbonyl (C=O) groups is 2. The van der Waals surface area contributed by atoms with Gasteiger partial charge in [0, 0.05) is 58.0 Å². The lowest BCUT2D eigenvalue weighted by Crippen LogP contribution is -2.53. The van der Waals surface area contributed by atoms with Crippen LogP contribution in [0.3, 0.4) is 0 Å². The Morgan fingerprint density at radius 1 is 1.32 bits per heavy atom. The number of carbonyl (C=O) groups excluding carboxylic acids is 2. The number of rotatable bonds is 5. The van der Waals surface area contributed by atoms with Gasteiger partial charge < -0.3 is 19.1 Å². The van der Waals surface area contributed by atoms with Gasteiger partial charge in [-0.25, -0.2) is 4.98 Å². The summed E-state index contributed by atoms with van der Waals surface area (Å²) in [5.74, 6) is 1.40. The maximum absolute atomic E-state index is 12.7. The van der Waals surface area contributed by atoms with E-state index in [-0.39, 0.29) is 23.3 Å². The van der Waals surface area contributed by atoms with Crippen LogP contribution in [0.2, 0.25) is 0 Å². The molecule has 0 unspecified atom stereocenters. The minimum absolute atomic E-state index is 0.172. The summed E-state index contributed by atoms with van der Waals surface area (Å²) in [6.07, 6.45) is 10.4. The van der Waals surface area contributed by atoms with Gasteiger partial charge in [0.1, 0.15) is 12.4 Å². The summed E-state index contributed by atoms with van der Waals surface area (Å²) in [6, 6.07) is 0. The fourth-order valence-electron chi connectivity index (χ4n) is 4.99. The summed E-state index contributed by atoms with van der Waals surface area (Å²) < 4.78 is 7.70. The Morgan fingerprint density at radius 3 is 2.86 bits per heavy atom. The maximum Gasteiger partial charge on any atom is 0.242 e. The van der Waals surface area contributed by atoms with E-state index in [4.69, 9.17) is 4.74 Å². The number of hydrogen-bond donors (Lipinski definition) is 0. The highest BCUT2D eigenvalue weighted by atomic mass is 16.5. The summed E-state index contributed by atoms with van der Waals surface area (Å²) in [7, 11) is 0. The maximum atomic E-state index is 12.7. The minimum atomic E-state index is 0.172. The van der Waals surface area contributed by atoms with E-state index in [9.17, 15) is 9.59 Å². The highest BCUT2D eigenvalue weighted by Gasteiger charge is 2.42. The van der Waals surface area contributed by atoms with Gasteiger partial charge in [-0.15, -0.1) is 0 Å². The zero-order chi connectivity index (χ0) is 19.6. The van der Waals surface area contributed by atoms with Crippen LogP contribution in [0.4, 0.5) is 0 Å². The van der Waals surface area contributed by atoms with Crippen LogP contribution in [0.1, 0.15) is 51.3 Å². The molecule has 7 heteroatoms. The van der Waals surface area contributed by atoms with Crippen molar-refractivity contribution in [2.24, 2.45) is 5.41 Å². The van der Waals surface area contributed by atoms with Crippen molar-refractivity contribution in [1.29, 1.82) is 0 Å². The largest absolute Gasteiger partial charge is 0.376 e. The fraction of sp³-hybridized carbons (Fsp3) is 0.762. The number of amides is 2. The van der Waals surface area contributed by atoms with Gasteiger partial charge in [-0.3, -0.25) is 9.59 Å². The van der Waals surface area contributed by atoms with E-state index in [1.54, 1.807) is 6.20 Å². The molecule has 0 aliphatic carbocycles. The van der Waals surface area contributed by atoms with Gasteiger partial charge in [-0.05, 0) is 37.5 Å². The smallest absolute Gasteiger partial charge is 0.242 e. The van der Waals surface area contributed by atoms with E-state index >= 15 is 0 Å². The summed E-state index contributed by atoms with van der Waals surface area (Å²) in [5.41, 5.74) is 0.173. The van der Waals surface area contributed by atoms with E-state index in [0.29, 0.717) is 13.0 Å². The first-order valence-electron chi connectivity index (χ1n) is 10.8. The molecule has 3 fully saturated rings. The van der Waals surface area contributed by atoms with Crippen molar-refractivity contribution < 1.29 is 14.3 Å². The number of piperidine rings is 2. The van der Waals surface area contributed by atoms with Crippen molar-refractivity contribution in [3.8, 4) is 0 Å². The number of ether oxygens (including phenoxy) is 1. The molecule has 1 spiro atoms. The third kappa shape index (κ3) is 4.09. The van der Waals surface area contributed by atoms with Crippen LogP contribution in [0.15, 0.2) is 12.4 Å². The van der Waals surface area contributed by atoms with Crippen molar-refractivity contribution >= 4 is 11.8 Å². The highest BCUT2D eigenvalue weighted by Crippen LogP contribution is 2.40. The average Bonchev–Trinajstić information content (AvgIpc) is 3.37. The van der Waals surface area contributed by atoms with Gasteiger partial charge in [-0.1, -0.05) is 6.92 Å². The Kier molecular flexibility index (Phi) is 5.71. The predicted molar refractivity (Wildman–Crippen MR) is 105 cm³/mol. The number of hydrogen-bond acceptors (Lipinski definition) is 4. The topological polar surface area (TPSA) is 67.7 Å². The van der Waals surface area contributed by atoms with Crippen LogP contribution < -0.4 is 0 Å². The standard InChI is InChI=1S/C21H32N4O3/c1-2-18-22-9-12-24(18)15-20(27)23-10-7-21(8-11-23)6-5-19(26)25(16-21)14-17-4-3-13-28-17/h9,12,17H,2-8,10-11,13-16H2,1H3/t17-/m1/s1. The molecule has 3 aliphatic rings. The Hall–Kier alpha value is -1.89. The number of likely N-dealkylation sites (tertiary alicyclic amines) is 2. The molecule has 7 nitrogen and oxygen atoms in total. The summed E-state index contributed by atoms with van der Waals surface area (Å²) >= 11 is 0. The van der Waals surface area contributed by atoms with Gasteiger partial charge in [0.05, 0.1) is 6.10 Å². The Bertz CT molecular complexity index is 702. The van der Waals surface area contributed by atoms with E-state index in [2.05, 4.69) is 11.9 Å². The lowest BCUT2D eigenvalue weighted by Gasteiger charge is -2.47. The van der Waals surface area contributed by atoms with Crippen molar-refractivity contribution in [2.45, 2.75) is 64.5 Å². The molecular formula is C21H32N4O3. The second-order valence-corrected chi connectivity index (χ2v) is 8.62. The van der Waals surface area contributed by atoms with Crippen LogP contribution in [0.5, 0.6) is 0 Å². The molecule has 2 amide bonds. The molecule has 3 saturated heterocycles. The van der Waals surface area contributed by atoms with Crippen LogP contribution in [0.25, 0.3) is 0 Å². The lowest BCUT2D eigenvalue weighted by molar-refractivity contribution is -0.144. The summed E-state index contributed by atoms with van der Waals surface area (Å²) in [4.78, 5) is 33.5. The van der Waals surface area contributed by atoms with E-state index in [0.717, 1.165) is 77.1 Å². The van der Waals surface area contributed by atoms with E-state index < -0.39 is 0 Å². The van der Waals surface area contributed by atoms with Crippen LogP contribution >= 0.6 is 0 Å². The quantitative estimate of drug-likeness (QED) is 0.772. The monoisotopic (exact) mass is 388 g/mol. The molecule has 28 heavy (non-hydrogen) atoms. The first-order valence-corrected chi connectivity index (χ1v) is 10.8. The van der Waals surface area contributed by atoms with Gasteiger partial charge >= 0.3 is 0 Å². The molecule has 0 bridgehead atoms. The Morgan fingerprint density at radius 2 is 2.14 bits per heavy atom. The van der Waals surface area contributed by atoms with Crippen LogP contribution in [-0.4, -0.2) is 70.1 Å². The molecule has 0 saturated carbocycles. The number of aromatic nitrogens is 2. The Labute approximate surface area is 167 Å². The van der Waals surface area contributed by atoms with Crippen molar-refractivity contribution in [2.75, 3.05) is 32.8 Å². The van der Waals surface area contributed by atoms with Crippen molar-refractivity contribution in [3.63, 3.8) is 0 Å². The first-order chi connectivity index (χ1) is 13.6. The second-order valence-electron chi connectivity index (χ2n) is 8.62. The zero-order valence-electron chi connectivity index (χ0n) is 16.9. The summed E-state index contributed by atoms with van der Waals surface area (Å²) in [5, 5.41) is 0. The molecule has 0 N–H and O–H groups in total. The molecule has 4 heterocycles. The number of nitrogens with zero attached hydrogens (tertiary/aromatic N) is 4. The molecule has 0 aromatic carbocycles. The zero-order valence-corrected chi connectivity index (χ0v) is 16.9. The predicted octanol–water partition coefficient (Wildman–Crippen LogP) is 1.86. The van der Waals surface area contributed by atoms with Crippen LogP contribution in [-0.2, 0) is 27.3 Å². The van der Waals surface area contributed by atoms with E-state index in [1.165, 1.54) is 0 Å². The van der Waals surface area contributed by atoms with Crippen LogP contribution in [0, 0.1) is 5.41 Å². The molecule has 1 aromatic rings. The first kappa shape index (κ1) is 19.4. The lowest BCUT2D eigenvalue weighted by atomic mass is 9.72. The molecule has 3 aliphatic heterocycles. The van der Waals surface area contributed by atoms with Gasteiger partial charge in [0.25, 0.3) is 0 Å². The normalized spacial score (nSPS) is 24.9. The van der Waals surface area contributed by atoms with Crippen molar-refractivity contribution in [3.05, 3.63) is 18.2 Å². The molecular weight excluding hydrogens is 356 g/mol. The van der Waals surface area contributed by atoms with Gasteiger partial charge in [-0.2, -0.15) is 0 Å². The second kappa shape index (κ2) is 8.23. The average molecular weight is 389 g/mol. The molecule has 4 rings (SSSR count). The molecule has 1 aromatic heterocycles. The summed E-state index contributed by atoms with van der Waals surface area (Å²) in [6.45, 7) is 6.40. The number of imidazole rings is 1.